The van der Waals surface area contributed by atoms with E-state index in [1.54, 1.807) is 50.8 Å². The maximum Gasteiger partial charge on any atom is 0.408 e. The summed E-state index contributed by atoms with van der Waals surface area (Å²) in [4.78, 5) is 26.8. The molecule has 0 radical (unpaired) electrons. The number of amides is 2. The molecule has 1 atom stereocenters. The van der Waals surface area contributed by atoms with Gasteiger partial charge >= 0.3 is 6.09 Å². The number of hydrogen-bond acceptors (Lipinski definition) is 5. The molecule has 2 amide bonds. The SMILES string of the molecule is C=C(/C=C\C(=C/C)OCCO)[C@H](NC(=O)OC(C)(C)C)C(=O)N1CCCC1. The van der Waals surface area contributed by atoms with E-state index in [2.05, 4.69) is 11.9 Å². The summed E-state index contributed by atoms with van der Waals surface area (Å²) in [6, 6.07) is -0.912. The smallest absolute Gasteiger partial charge is 0.408 e. The first-order valence-corrected chi connectivity index (χ1v) is 9.23. The molecule has 152 valence electrons. The number of carbonyl (C=O) groups excluding carboxylic acids is 2. The van der Waals surface area contributed by atoms with Crippen LogP contribution in [0.1, 0.15) is 40.5 Å². The van der Waals surface area contributed by atoms with E-state index in [0.29, 0.717) is 24.4 Å². The molecule has 1 heterocycles. The van der Waals surface area contributed by atoms with Gasteiger partial charge in [0, 0.05) is 13.1 Å². The van der Waals surface area contributed by atoms with Crippen molar-refractivity contribution in [2.45, 2.75) is 52.2 Å². The van der Waals surface area contributed by atoms with Crippen LogP contribution in [-0.2, 0) is 14.3 Å². The Kier molecular flexibility index (Phi) is 9.08. The van der Waals surface area contributed by atoms with Gasteiger partial charge in [-0.3, -0.25) is 4.79 Å². The van der Waals surface area contributed by atoms with Gasteiger partial charge in [-0.05, 0) is 58.3 Å². The topological polar surface area (TPSA) is 88.1 Å². The van der Waals surface area contributed by atoms with Crippen molar-refractivity contribution in [3.8, 4) is 0 Å². The summed E-state index contributed by atoms with van der Waals surface area (Å²) in [6.45, 7) is 12.4. The number of rotatable bonds is 8. The van der Waals surface area contributed by atoms with Crippen molar-refractivity contribution < 1.29 is 24.2 Å². The van der Waals surface area contributed by atoms with Crippen LogP contribution in [0, 0.1) is 0 Å². The minimum absolute atomic E-state index is 0.0948. The van der Waals surface area contributed by atoms with Gasteiger partial charge in [0.05, 0.1) is 6.61 Å². The van der Waals surface area contributed by atoms with E-state index in [1.165, 1.54) is 0 Å². The third kappa shape index (κ3) is 8.30. The first kappa shape index (κ1) is 22.8. The molecular formula is C20H32N2O5. The van der Waals surface area contributed by atoms with Gasteiger partial charge < -0.3 is 24.8 Å². The Balaban J connectivity index is 2.89. The number of ether oxygens (including phenoxy) is 2. The van der Waals surface area contributed by atoms with Crippen molar-refractivity contribution >= 4 is 12.0 Å². The zero-order valence-electron chi connectivity index (χ0n) is 16.8. The number of alkyl carbamates (subject to hydrolysis) is 1. The Hall–Kier alpha value is -2.28. The predicted octanol–water partition coefficient (Wildman–Crippen LogP) is 2.53. The quantitative estimate of drug-likeness (QED) is 0.499. The summed E-state index contributed by atoms with van der Waals surface area (Å²) in [6.07, 6.45) is 6.24. The molecule has 27 heavy (non-hydrogen) atoms. The van der Waals surface area contributed by atoms with Crippen LogP contribution in [0.15, 0.2) is 36.1 Å². The van der Waals surface area contributed by atoms with E-state index in [-0.39, 0.29) is 19.1 Å². The van der Waals surface area contributed by atoms with Gasteiger partial charge in [-0.25, -0.2) is 4.79 Å². The normalized spacial score (nSPS) is 16.3. The van der Waals surface area contributed by atoms with E-state index >= 15 is 0 Å². The van der Waals surface area contributed by atoms with Gasteiger partial charge in [0.1, 0.15) is 24.0 Å². The molecule has 0 bridgehead atoms. The molecule has 7 heteroatoms. The summed E-state index contributed by atoms with van der Waals surface area (Å²) < 4.78 is 10.6. The Bertz CT molecular complexity index is 584. The first-order chi connectivity index (χ1) is 12.7. The van der Waals surface area contributed by atoms with Gasteiger partial charge in [0.2, 0.25) is 5.91 Å². The summed E-state index contributed by atoms with van der Waals surface area (Å²) in [5, 5.41) is 11.5. The lowest BCUT2D eigenvalue weighted by molar-refractivity contribution is -0.131. The van der Waals surface area contributed by atoms with Crippen LogP contribution in [0.4, 0.5) is 4.79 Å². The summed E-state index contributed by atoms with van der Waals surface area (Å²) in [5.41, 5.74) is -0.247. The zero-order chi connectivity index (χ0) is 20.4. The molecule has 0 aromatic carbocycles. The third-order valence-electron chi connectivity index (χ3n) is 3.80. The number of likely N-dealkylation sites (tertiary alicyclic amines) is 1. The molecule has 2 N–H and O–H groups in total. The number of nitrogens with one attached hydrogen (secondary N) is 1. The highest BCUT2D eigenvalue weighted by atomic mass is 16.6. The molecule has 0 aromatic rings. The number of nitrogens with zero attached hydrogens (tertiary/aromatic N) is 1. The molecule has 0 unspecified atom stereocenters. The van der Waals surface area contributed by atoms with E-state index in [9.17, 15) is 9.59 Å². The summed E-state index contributed by atoms with van der Waals surface area (Å²) >= 11 is 0. The fraction of sp³-hybridized carbons (Fsp3) is 0.600. The van der Waals surface area contributed by atoms with Crippen LogP contribution >= 0.6 is 0 Å². The second-order valence-electron chi connectivity index (χ2n) is 7.28. The van der Waals surface area contributed by atoms with Crippen LogP contribution in [-0.4, -0.2) is 60.0 Å². The van der Waals surface area contributed by atoms with Crippen molar-refractivity contribution in [1.29, 1.82) is 0 Å². The van der Waals surface area contributed by atoms with Crippen LogP contribution in [0.2, 0.25) is 0 Å². The molecule has 1 rings (SSSR count). The largest absolute Gasteiger partial charge is 0.492 e. The Morgan fingerprint density at radius 2 is 1.89 bits per heavy atom. The number of hydrogen-bond donors (Lipinski definition) is 2. The maximum absolute atomic E-state index is 12.9. The highest BCUT2D eigenvalue weighted by Crippen LogP contribution is 2.15. The van der Waals surface area contributed by atoms with E-state index < -0.39 is 17.7 Å². The van der Waals surface area contributed by atoms with Crippen molar-refractivity contribution in [3.63, 3.8) is 0 Å². The number of carbonyl (C=O) groups is 2. The molecule has 0 aliphatic carbocycles. The summed E-state index contributed by atoms with van der Waals surface area (Å²) in [7, 11) is 0. The minimum Gasteiger partial charge on any atom is -0.492 e. The fourth-order valence-corrected chi connectivity index (χ4v) is 2.54. The van der Waals surface area contributed by atoms with Crippen LogP contribution in [0.5, 0.6) is 0 Å². The van der Waals surface area contributed by atoms with Gasteiger partial charge in [-0.1, -0.05) is 12.7 Å². The third-order valence-corrected chi connectivity index (χ3v) is 3.80. The second-order valence-corrected chi connectivity index (χ2v) is 7.28. The van der Waals surface area contributed by atoms with Crippen LogP contribution in [0.3, 0.4) is 0 Å². The Morgan fingerprint density at radius 3 is 2.41 bits per heavy atom. The average Bonchev–Trinajstić information content (AvgIpc) is 3.12. The lowest BCUT2D eigenvalue weighted by Gasteiger charge is -2.26. The van der Waals surface area contributed by atoms with Gasteiger partial charge in [-0.2, -0.15) is 0 Å². The summed E-state index contributed by atoms with van der Waals surface area (Å²) in [5.74, 6) is 0.334. The molecule has 0 spiro atoms. The molecule has 0 aromatic heterocycles. The monoisotopic (exact) mass is 380 g/mol. The molecule has 1 aliphatic heterocycles. The molecule has 7 nitrogen and oxygen atoms in total. The second kappa shape index (κ2) is 10.8. The Morgan fingerprint density at radius 1 is 1.26 bits per heavy atom. The van der Waals surface area contributed by atoms with Gasteiger partial charge in [-0.15, -0.1) is 0 Å². The minimum atomic E-state index is -0.912. The van der Waals surface area contributed by atoms with E-state index in [0.717, 1.165) is 12.8 Å². The predicted molar refractivity (Wildman–Crippen MR) is 104 cm³/mol. The lowest BCUT2D eigenvalue weighted by Crippen LogP contribution is -2.49. The molecule has 0 saturated carbocycles. The van der Waals surface area contributed by atoms with Crippen molar-refractivity contribution in [3.05, 3.63) is 36.1 Å². The molecule has 1 aliphatic rings. The number of allylic oxidation sites excluding steroid dienone is 2. The van der Waals surface area contributed by atoms with Crippen LogP contribution < -0.4 is 5.32 Å². The highest BCUT2D eigenvalue weighted by molar-refractivity contribution is 5.89. The van der Waals surface area contributed by atoms with Crippen LogP contribution in [0.25, 0.3) is 0 Å². The molecular weight excluding hydrogens is 348 g/mol. The number of aliphatic hydroxyl groups excluding tert-OH is 1. The molecule has 1 fully saturated rings. The standard InChI is InChI=1S/C20H32N2O5/c1-6-16(26-14-13-23)10-9-15(2)17(18(24)22-11-7-8-12-22)21-19(25)27-20(3,4)5/h6,9-10,17,23H,2,7-8,11-14H2,1,3-5H3,(H,21,25)/b10-9-,16-6+/t17-/m0/s1. The highest BCUT2D eigenvalue weighted by Gasteiger charge is 2.30. The molecule has 1 saturated heterocycles. The lowest BCUT2D eigenvalue weighted by atomic mass is 10.1. The zero-order valence-corrected chi connectivity index (χ0v) is 16.8. The van der Waals surface area contributed by atoms with E-state index in [1.807, 2.05) is 0 Å². The van der Waals surface area contributed by atoms with E-state index in [4.69, 9.17) is 14.6 Å². The maximum atomic E-state index is 12.9. The van der Waals surface area contributed by atoms with Crippen molar-refractivity contribution in [1.82, 2.24) is 10.2 Å². The van der Waals surface area contributed by atoms with Gasteiger partial charge in [0.15, 0.2) is 0 Å². The van der Waals surface area contributed by atoms with Crippen molar-refractivity contribution in [2.24, 2.45) is 0 Å². The Labute approximate surface area is 161 Å². The van der Waals surface area contributed by atoms with Gasteiger partial charge in [0.25, 0.3) is 0 Å². The fourth-order valence-electron chi connectivity index (χ4n) is 2.54. The van der Waals surface area contributed by atoms with Crippen molar-refractivity contribution in [2.75, 3.05) is 26.3 Å². The first-order valence-electron chi connectivity index (χ1n) is 9.23. The number of aliphatic hydroxyl groups is 1. The average molecular weight is 380 g/mol.